The van der Waals surface area contributed by atoms with E-state index in [-0.39, 0.29) is 24.9 Å². The van der Waals surface area contributed by atoms with Gasteiger partial charge in [-0.1, -0.05) is 187 Å². The summed E-state index contributed by atoms with van der Waals surface area (Å²) in [6, 6.07) is -0.700. The van der Waals surface area contributed by atoms with Crippen LogP contribution in [0, 0.1) is 0 Å². The van der Waals surface area contributed by atoms with Crippen LogP contribution in [0.3, 0.4) is 0 Å². The summed E-state index contributed by atoms with van der Waals surface area (Å²) in [5.41, 5.74) is 0. The zero-order valence-corrected chi connectivity index (χ0v) is 33.5. The number of esters is 1. The molecule has 0 saturated heterocycles. The molecule has 3 N–H and O–H groups in total. The molecule has 0 aromatic carbocycles. The summed E-state index contributed by atoms with van der Waals surface area (Å²) >= 11 is 0. The van der Waals surface area contributed by atoms with Crippen LogP contribution in [0.5, 0.6) is 0 Å². The number of allylic oxidation sites excluding steroid dienone is 2. The average Bonchev–Trinajstić information content (AvgIpc) is 3.10. The van der Waals surface area contributed by atoms with Crippen molar-refractivity contribution in [2.24, 2.45) is 0 Å². The number of hydrogen-bond donors (Lipinski definition) is 3. The fourth-order valence-corrected chi connectivity index (χ4v) is 6.72. The molecule has 0 aromatic rings. The minimum Gasteiger partial charge on any atom is -0.462 e. The molecule has 0 bridgehead atoms. The molecule has 296 valence electrons. The third-order valence-electron chi connectivity index (χ3n) is 10.1. The maximum Gasteiger partial charge on any atom is 0.306 e. The average molecular weight is 708 g/mol. The van der Waals surface area contributed by atoms with Crippen LogP contribution < -0.4 is 5.32 Å². The quantitative estimate of drug-likeness (QED) is 0.0336. The van der Waals surface area contributed by atoms with Gasteiger partial charge in [-0.05, 0) is 44.9 Å². The SMILES string of the molecule is CCCCCCCC/C=C\CCCC(CC(=O)NC(CO)C(O)CCCCCCCCCCC)OC(=O)CCCCCCCCCCCCC. The Labute approximate surface area is 310 Å². The van der Waals surface area contributed by atoms with Gasteiger partial charge < -0.3 is 20.3 Å². The highest BCUT2D eigenvalue weighted by Gasteiger charge is 2.24. The lowest BCUT2D eigenvalue weighted by Gasteiger charge is -2.24. The Morgan fingerprint density at radius 2 is 0.980 bits per heavy atom. The summed E-state index contributed by atoms with van der Waals surface area (Å²) in [7, 11) is 0. The first-order valence-electron chi connectivity index (χ1n) is 21.9. The van der Waals surface area contributed by atoms with E-state index in [4.69, 9.17) is 4.74 Å². The molecular formula is C44H85NO5. The molecule has 3 atom stereocenters. The number of aliphatic hydroxyl groups is 2. The minimum atomic E-state index is -0.785. The van der Waals surface area contributed by atoms with Crippen molar-refractivity contribution in [2.75, 3.05) is 6.61 Å². The lowest BCUT2D eigenvalue weighted by molar-refractivity contribution is -0.151. The Balaban J connectivity index is 4.61. The molecule has 0 spiro atoms. The summed E-state index contributed by atoms with van der Waals surface area (Å²) in [6.45, 7) is 6.43. The predicted octanol–water partition coefficient (Wildman–Crippen LogP) is 12.2. The molecule has 6 nitrogen and oxygen atoms in total. The van der Waals surface area contributed by atoms with Crippen molar-refractivity contribution in [2.45, 2.75) is 251 Å². The van der Waals surface area contributed by atoms with E-state index in [0.29, 0.717) is 19.3 Å². The van der Waals surface area contributed by atoms with Crippen molar-refractivity contribution in [3.05, 3.63) is 12.2 Å². The Kier molecular flexibility index (Phi) is 37.7. The first-order chi connectivity index (χ1) is 24.5. The summed E-state index contributed by atoms with van der Waals surface area (Å²) in [6.07, 6.45) is 39.9. The standard InChI is InChI=1S/C44H85NO5/c1-4-7-10-13-16-19-21-24-26-29-32-35-40(50-44(49)37-34-31-28-25-22-20-17-14-11-8-5-2)38-43(48)45-41(39-46)42(47)36-33-30-27-23-18-15-12-9-6-3/h24,26,40-42,46-47H,4-23,25,27-39H2,1-3H3,(H,45,48)/b26-24-. The third kappa shape index (κ3) is 33.7. The highest BCUT2D eigenvalue weighted by molar-refractivity contribution is 5.77. The van der Waals surface area contributed by atoms with E-state index in [2.05, 4.69) is 38.2 Å². The van der Waals surface area contributed by atoms with Gasteiger partial charge in [0.2, 0.25) is 5.91 Å². The van der Waals surface area contributed by atoms with Crippen molar-refractivity contribution in [3.8, 4) is 0 Å². The Morgan fingerprint density at radius 3 is 1.46 bits per heavy atom. The minimum absolute atomic E-state index is 0.0622. The van der Waals surface area contributed by atoms with Gasteiger partial charge in [0.15, 0.2) is 0 Å². The Bertz CT molecular complexity index is 757. The lowest BCUT2D eigenvalue weighted by Crippen LogP contribution is -2.46. The molecule has 0 saturated carbocycles. The highest BCUT2D eigenvalue weighted by Crippen LogP contribution is 2.17. The summed E-state index contributed by atoms with van der Waals surface area (Å²) < 4.78 is 5.86. The number of carbonyl (C=O) groups excluding carboxylic acids is 2. The van der Waals surface area contributed by atoms with Crippen LogP contribution in [0.1, 0.15) is 233 Å². The Hall–Kier alpha value is -1.40. The fraction of sp³-hybridized carbons (Fsp3) is 0.909. The van der Waals surface area contributed by atoms with Gasteiger partial charge in [0.25, 0.3) is 0 Å². The molecular weight excluding hydrogens is 622 g/mol. The molecule has 1 amide bonds. The molecule has 0 rings (SSSR count). The molecule has 50 heavy (non-hydrogen) atoms. The number of aliphatic hydroxyl groups excluding tert-OH is 2. The molecule has 0 heterocycles. The number of hydrogen-bond acceptors (Lipinski definition) is 5. The van der Waals surface area contributed by atoms with Crippen LogP contribution in [0.25, 0.3) is 0 Å². The number of amides is 1. The second-order valence-electron chi connectivity index (χ2n) is 15.1. The van der Waals surface area contributed by atoms with Crippen molar-refractivity contribution in [3.63, 3.8) is 0 Å². The lowest BCUT2D eigenvalue weighted by atomic mass is 10.0. The second kappa shape index (κ2) is 38.8. The van der Waals surface area contributed by atoms with E-state index in [1.54, 1.807) is 0 Å². The van der Waals surface area contributed by atoms with Gasteiger partial charge in [-0.15, -0.1) is 0 Å². The highest BCUT2D eigenvalue weighted by atomic mass is 16.5. The van der Waals surface area contributed by atoms with Gasteiger partial charge in [0.05, 0.1) is 25.2 Å². The van der Waals surface area contributed by atoms with Gasteiger partial charge in [-0.2, -0.15) is 0 Å². The zero-order valence-electron chi connectivity index (χ0n) is 33.5. The molecule has 0 aliphatic heterocycles. The number of rotatable bonds is 39. The summed E-state index contributed by atoms with van der Waals surface area (Å²) in [5, 5.41) is 23.5. The van der Waals surface area contributed by atoms with Gasteiger partial charge in [-0.3, -0.25) is 9.59 Å². The molecule has 0 aromatic heterocycles. The normalized spacial score (nSPS) is 13.5. The van der Waals surface area contributed by atoms with Gasteiger partial charge in [-0.25, -0.2) is 0 Å². The van der Waals surface area contributed by atoms with Crippen LogP contribution in [0.2, 0.25) is 0 Å². The first kappa shape index (κ1) is 48.6. The van der Waals surface area contributed by atoms with Crippen LogP contribution in [-0.2, 0) is 14.3 Å². The molecule has 0 fully saturated rings. The van der Waals surface area contributed by atoms with Gasteiger partial charge >= 0.3 is 5.97 Å². The second-order valence-corrected chi connectivity index (χ2v) is 15.1. The summed E-state index contributed by atoms with van der Waals surface area (Å²) in [5.74, 6) is -0.497. The molecule has 0 aliphatic carbocycles. The van der Waals surface area contributed by atoms with Crippen LogP contribution >= 0.6 is 0 Å². The van der Waals surface area contributed by atoms with Gasteiger partial charge in [0.1, 0.15) is 6.10 Å². The van der Waals surface area contributed by atoms with E-state index in [9.17, 15) is 19.8 Å². The smallest absolute Gasteiger partial charge is 0.306 e. The largest absolute Gasteiger partial charge is 0.462 e. The zero-order chi connectivity index (χ0) is 36.8. The van der Waals surface area contributed by atoms with Crippen molar-refractivity contribution in [1.82, 2.24) is 5.32 Å². The number of unbranched alkanes of at least 4 members (excludes halogenated alkanes) is 25. The van der Waals surface area contributed by atoms with E-state index in [1.165, 1.54) is 128 Å². The first-order valence-corrected chi connectivity index (χ1v) is 21.9. The van der Waals surface area contributed by atoms with Crippen molar-refractivity contribution < 1.29 is 24.5 Å². The molecule has 0 aliphatic rings. The van der Waals surface area contributed by atoms with Gasteiger partial charge in [0, 0.05) is 6.42 Å². The fourth-order valence-electron chi connectivity index (χ4n) is 6.72. The molecule has 6 heteroatoms. The van der Waals surface area contributed by atoms with Crippen molar-refractivity contribution >= 4 is 11.9 Å². The molecule has 3 unspecified atom stereocenters. The van der Waals surface area contributed by atoms with E-state index >= 15 is 0 Å². The maximum absolute atomic E-state index is 13.1. The number of carbonyl (C=O) groups is 2. The van der Waals surface area contributed by atoms with E-state index < -0.39 is 18.2 Å². The van der Waals surface area contributed by atoms with Crippen LogP contribution in [0.15, 0.2) is 12.2 Å². The monoisotopic (exact) mass is 708 g/mol. The van der Waals surface area contributed by atoms with Crippen LogP contribution in [0.4, 0.5) is 0 Å². The third-order valence-corrected chi connectivity index (χ3v) is 10.1. The Morgan fingerprint density at radius 1 is 0.560 bits per heavy atom. The predicted molar refractivity (Wildman–Crippen MR) is 213 cm³/mol. The van der Waals surface area contributed by atoms with E-state index in [0.717, 1.165) is 57.8 Å². The number of ether oxygens (including phenoxy) is 1. The molecule has 0 radical (unpaired) electrons. The summed E-state index contributed by atoms with van der Waals surface area (Å²) in [4.78, 5) is 25.8. The van der Waals surface area contributed by atoms with Crippen molar-refractivity contribution in [1.29, 1.82) is 0 Å². The van der Waals surface area contributed by atoms with Crippen LogP contribution in [-0.4, -0.2) is 46.9 Å². The van der Waals surface area contributed by atoms with E-state index in [1.807, 2.05) is 0 Å². The maximum atomic E-state index is 13.1. The number of nitrogens with one attached hydrogen (secondary N) is 1. The topological polar surface area (TPSA) is 95.9 Å².